The number of rotatable bonds is 3. The Labute approximate surface area is 151 Å². The molecule has 128 valence electrons. The van der Waals surface area contributed by atoms with E-state index in [1.54, 1.807) is 5.51 Å². The van der Waals surface area contributed by atoms with Gasteiger partial charge in [0.15, 0.2) is 5.82 Å². The van der Waals surface area contributed by atoms with E-state index < -0.39 is 6.09 Å². The van der Waals surface area contributed by atoms with Crippen LogP contribution in [-0.2, 0) is 4.74 Å². The van der Waals surface area contributed by atoms with Crippen molar-refractivity contribution >= 4 is 35.7 Å². The van der Waals surface area contributed by atoms with Crippen LogP contribution in [0.2, 0.25) is 0 Å². The molecular formula is C17H20ClN3O2S. The summed E-state index contributed by atoms with van der Waals surface area (Å²) in [4.78, 5) is 19.9. The van der Waals surface area contributed by atoms with E-state index in [4.69, 9.17) is 4.74 Å². The van der Waals surface area contributed by atoms with Gasteiger partial charge in [0, 0.05) is 19.0 Å². The molecule has 0 saturated carbocycles. The number of piperidine rings is 1. The van der Waals surface area contributed by atoms with Gasteiger partial charge >= 0.3 is 6.09 Å². The molecule has 2 fully saturated rings. The first kappa shape index (κ1) is 17.2. The Hall–Kier alpha value is -1.63. The molecule has 1 amide bonds. The van der Waals surface area contributed by atoms with E-state index in [0.29, 0.717) is 11.7 Å². The second-order valence-corrected chi connectivity index (χ2v) is 6.98. The van der Waals surface area contributed by atoms with Gasteiger partial charge in [0.2, 0.25) is 0 Å². The van der Waals surface area contributed by atoms with Crippen LogP contribution in [0.5, 0.6) is 0 Å². The van der Waals surface area contributed by atoms with Gasteiger partial charge in [-0.15, -0.1) is 23.7 Å². The monoisotopic (exact) mass is 365 g/mol. The summed E-state index contributed by atoms with van der Waals surface area (Å²) in [5, 5.41) is 2.82. The lowest BCUT2D eigenvalue weighted by molar-refractivity contribution is 0.0943. The molecule has 1 aromatic heterocycles. The number of carbonyl (C=O) groups excluding carboxylic acids is 1. The second kappa shape index (κ2) is 7.51. The molecule has 1 N–H and O–H groups in total. The van der Waals surface area contributed by atoms with E-state index in [1.807, 2.05) is 30.3 Å². The van der Waals surface area contributed by atoms with E-state index in [9.17, 15) is 4.79 Å². The zero-order valence-electron chi connectivity index (χ0n) is 13.2. The molecule has 2 aliphatic heterocycles. The Morgan fingerprint density at radius 2 is 2.12 bits per heavy atom. The SMILES string of the molecule is Cl.O=C(Nc1ncsc1-c1ccccc1)OC1CN2CCCC1C2. The normalized spacial score (nSPS) is 24.9. The fourth-order valence-corrected chi connectivity index (χ4v) is 4.24. The third kappa shape index (κ3) is 3.55. The molecule has 2 aliphatic rings. The van der Waals surface area contributed by atoms with E-state index in [-0.39, 0.29) is 18.5 Å². The molecule has 0 radical (unpaired) electrons. The summed E-state index contributed by atoms with van der Waals surface area (Å²) in [6.07, 6.45) is 1.97. The van der Waals surface area contributed by atoms with E-state index >= 15 is 0 Å². The van der Waals surface area contributed by atoms with Crippen molar-refractivity contribution in [3.63, 3.8) is 0 Å². The maximum absolute atomic E-state index is 12.3. The van der Waals surface area contributed by atoms with Gasteiger partial charge in [-0.25, -0.2) is 9.78 Å². The number of fused-ring (bicyclic) bond motifs is 2. The van der Waals surface area contributed by atoms with Crippen molar-refractivity contribution in [3.05, 3.63) is 35.8 Å². The summed E-state index contributed by atoms with van der Waals surface area (Å²) in [5.41, 5.74) is 2.79. The molecule has 2 bridgehead atoms. The Balaban J connectivity index is 0.00000169. The standard InChI is InChI=1S/C17H19N3O2S.ClH/c21-17(22-14-10-20-8-4-7-13(14)9-20)19-16-15(23-11-18-16)12-5-2-1-3-6-12;/h1-3,5-6,11,13-14H,4,7-10H2,(H,19,21);1H. The summed E-state index contributed by atoms with van der Waals surface area (Å²) >= 11 is 1.51. The minimum Gasteiger partial charge on any atom is -0.444 e. The summed E-state index contributed by atoms with van der Waals surface area (Å²) in [5.74, 6) is 1.06. The van der Waals surface area contributed by atoms with Crippen LogP contribution in [0, 0.1) is 5.92 Å². The maximum atomic E-state index is 12.3. The topological polar surface area (TPSA) is 54.5 Å². The Morgan fingerprint density at radius 1 is 1.29 bits per heavy atom. The summed E-state index contributed by atoms with van der Waals surface area (Å²) in [6, 6.07) is 9.95. The minimum absolute atomic E-state index is 0. The average Bonchev–Trinajstić information content (AvgIpc) is 3.13. The lowest BCUT2D eigenvalue weighted by Gasteiger charge is -2.21. The van der Waals surface area contributed by atoms with Gasteiger partial charge in [-0.2, -0.15) is 0 Å². The van der Waals surface area contributed by atoms with Crippen LogP contribution in [0.25, 0.3) is 10.4 Å². The number of hydrogen-bond acceptors (Lipinski definition) is 5. The highest BCUT2D eigenvalue weighted by molar-refractivity contribution is 7.13. The van der Waals surface area contributed by atoms with Crippen LogP contribution in [-0.4, -0.2) is 41.7 Å². The van der Waals surface area contributed by atoms with Gasteiger partial charge in [-0.05, 0) is 24.9 Å². The van der Waals surface area contributed by atoms with Crippen LogP contribution in [0.15, 0.2) is 35.8 Å². The molecule has 2 saturated heterocycles. The number of nitrogens with zero attached hydrogens (tertiary/aromatic N) is 2. The Morgan fingerprint density at radius 3 is 2.92 bits per heavy atom. The highest BCUT2D eigenvalue weighted by Crippen LogP contribution is 2.32. The molecule has 2 aromatic rings. The molecule has 3 heterocycles. The van der Waals surface area contributed by atoms with Crippen molar-refractivity contribution in [1.29, 1.82) is 0 Å². The number of ether oxygens (including phenoxy) is 1. The van der Waals surface area contributed by atoms with Gasteiger partial charge < -0.3 is 4.74 Å². The fourth-order valence-electron chi connectivity index (χ4n) is 3.49. The number of halogens is 1. The number of amides is 1. The Bertz CT molecular complexity index is 694. The number of benzene rings is 1. The van der Waals surface area contributed by atoms with Crippen molar-refractivity contribution in [2.24, 2.45) is 5.92 Å². The molecule has 4 rings (SSSR count). The molecule has 1 aromatic carbocycles. The van der Waals surface area contributed by atoms with Crippen molar-refractivity contribution in [1.82, 2.24) is 9.88 Å². The predicted molar refractivity (Wildman–Crippen MR) is 97.9 cm³/mol. The van der Waals surface area contributed by atoms with Gasteiger partial charge in [0.1, 0.15) is 6.10 Å². The van der Waals surface area contributed by atoms with E-state index in [1.165, 1.54) is 17.8 Å². The summed E-state index contributed by atoms with van der Waals surface area (Å²) in [6.45, 7) is 3.05. The number of aromatic nitrogens is 1. The van der Waals surface area contributed by atoms with Gasteiger partial charge in [-0.1, -0.05) is 30.3 Å². The molecule has 7 heteroatoms. The third-order valence-electron chi connectivity index (χ3n) is 4.59. The molecule has 0 aliphatic carbocycles. The minimum atomic E-state index is -0.396. The van der Waals surface area contributed by atoms with E-state index in [0.717, 1.165) is 36.5 Å². The Kier molecular flexibility index (Phi) is 5.38. The number of hydrogen-bond donors (Lipinski definition) is 1. The van der Waals surface area contributed by atoms with Gasteiger partial charge in [0.25, 0.3) is 0 Å². The van der Waals surface area contributed by atoms with Crippen LogP contribution in [0.1, 0.15) is 12.8 Å². The zero-order chi connectivity index (χ0) is 15.6. The summed E-state index contributed by atoms with van der Waals surface area (Å²) in [7, 11) is 0. The van der Waals surface area contributed by atoms with Gasteiger partial charge in [0.05, 0.1) is 10.4 Å². The van der Waals surface area contributed by atoms with Crippen LogP contribution in [0.3, 0.4) is 0 Å². The first-order valence-corrected chi connectivity index (χ1v) is 8.86. The zero-order valence-corrected chi connectivity index (χ0v) is 14.8. The van der Waals surface area contributed by atoms with Crippen LogP contribution in [0.4, 0.5) is 10.6 Å². The lowest BCUT2D eigenvalue weighted by atomic mass is 9.99. The highest BCUT2D eigenvalue weighted by atomic mass is 35.5. The molecular weight excluding hydrogens is 346 g/mol. The molecule has 0 spiro atoms. The number of anilines is 1. The molecule has 3 unspecified atom stereocenters. The van der Waals surface area contributed by atoms with Crippen molar-refractivity contribution in [3.8, 4) is 10.4 Å². The smallest absolute Gasteiger partial charge is 0.413 e. The lowest BCUT2D eigenvalue weighted by Crippen LogP contribution is -2.28. The molecule has 3 atom stereocenters. The largest absolute Gasteiger partial charge is 0.444 e. The highest BCUT2D eigenvalue weighted by Gasteiger charge is 2.37. The van der Waals surface area contributed by atoms with Crippen LogP contribution >= 0.6 is 23.7 Å². The van der Waals surface area contributed by atoms with Crippen molar-refractivity contribution in [2.75, 3.05) is 25.0 Å². The maximum Gasteiger partial charge on any atom is 0.413 e. The van der Waals surface area contributed by atoms with Gasteiger partial charge in [-0.3, -0.25) is 10.2 Å². The van der Waals surface area contributed by atoms with Crippen LogP contribution < -0.4 is 5.32 Å². The van der Waals surface area contributed by atoms with Crippen molar-refractivity contribution < 1.29 is 9.53 Å². The number of nitrogens with one attached hydrogen (secondary N) is 1. The quantitative estimate of drug-likeness (QED) is 0.896. The van der Waals surface area contributed by atoms with Crippen molar-refractivity contribution in [2.45, 2.75) is 18.9 Å². The predicted octanol–water partition coefficient (Wildman–Crippen LogP) is 3.87. The number of carbonyl (C=O) groups is 1. The average molecular weight is 366 g/mol. The number of thiazole rings is 1. The first-order valence-electron chi connectivity index (χ1n) is 7.98. The first-order chi connectivity index (χ1) is 11.3. The summed E-state index contributed by atoms with van der Waals surface area (Å²) < 4.78 is 5.66. The molecule has 5 nitrogen and oxygen atoms in total. The fraction of sp³-hybridized carbons (Fsp3) is 0.412. The third-order valence-corrected chi connectivity index (χ3v) is 5.46. The van der Waals surface area contributed by atoms with E-state index in [2.05, 4.69) is 15.2 Å². The molecule has 24 heavy (non-hydrogen) atoms. The second-order valence-electron chi connectivity index (χ2n) is 6.13.